The number of benzene rings is 7. The average molecular weight is 1580 g/mol. The van der Waals surface area contributed by atoms with E-state index in [9.17, 15) is 28.8 Å². The van der Waals surface area contributed by atoms with Crippen molar-refractivity contribution in [3.05, 3.63) is 197 Å². The molecule has 0 saturated carbocycles. The number of aldehydes is 1. The molecule has 0 bridgehead atoms. The van der Waals surface area contributed by atoms with Crippen LogP contribution in [0.15, 0.2) is 139 Å². The summed E-state index contributed by atoms with van der Waals surface area (Å²) in [6.45, 7) is 34.6. The van der Waals surface area contributed by atoms with Crippen molar-refractivity contribution in [2.24, 2.45) is 5.41 Å². The fourth-order valence-electron chi connectivity index (χ4n) is 10.7. The van der Waals surface area contributed by atoms with E-state index >= 15 is 0 Å². The zero-order valence-corrected chi connectivity index (χ0v) is 70.5. The second-order valence-electron chi connectivity index (χ2n) is 29.7. The monoisotopic (exact) mass is 1580 g/mol. The van der Waals surface area contributed by atoms with Gasteiger partial charge in [0.2, 0.25) is 17.5 Å². The summed E-state index contributed by atoms with van der Waals surface area (Å²) >= 11 is 9.53. The summed E-state index contributed by atoms with van der Waals surface area (Å²) in [5.74, 6) is 5.05. The van der Waals surface area contributed by atoms with Gasteiger partial charge in [0.15, 0.2) is 18.7 Å². The normalized spacial score (nSPS) is 11.9. The number of halogens is 2. The number of nitrogens with two attached hydrogens (primary N) is 1. The van der Waals surface area contributed by atoms with Crippen LogP contribution in [0, 0.1) is 26.2 Å². The van der Waals surface area contributed by atoms with Gasteiger partial charge in [0.25, 0.3) is 0 Å². The van der Waals surface area contributed by atoms with Crippen LogP contribution in [0.3, 0.4) is 0 Å². The number of urea groups is 2. The SMILES string of the molecule is C.CNC(=O)Nc1ccc2c(c1)C(=O)/C(=C/c1c(C(C)(C)C)[nH]c3ccc(OC)cc13)O2.CNC(=O)Nc1ccc2c(c1)C(=O)CO2.COc1ccc(N)c(C)c1.COc1ccc(NC(=O)C(C)(C)C)c(C)c1.COc1ccc2[nH]c(C(C)(C)C)c(C=O)c2c1.COc1ccc2[nH]c(C(C)(C)C)cc2c1.ClCCl.[CH2-]CCC.[Li+]. The van der Waals surface area contributed by atoms with Crippen molar-refractivity contribution in [2.45, 2.75) is 140 Å². The smallest absolute Gasteiger partial charge is 0.497 e. The molecular formula is C88H114Cl2LiN9O13. The minimum absolute atomic E-state index is 0. The van der Waals surface area contributed by atoms with Crippen LogP contribution in [0.25, 0.3) is 38.8 Å². The van der Waals surface area contributed by atoms with E-state index < -0.39 is 0 Å². The van der Waals surface area contributed by atoms with Gasteiger partial charge >= 0.3 is 30.9 Å². The van der Waals surface area contributed by atoms with E-state index in [0.29, 0.717) is 34.0 Å². The molecule has 0 saturated heterocycles. The number of allylic oxidation sites excluding steroid dienone is 1. The van der Waals surface area contributed by atoms with Gasteiger partial charge in [-0.1, -0.05) is 104 Å². The predicted octanol–water partition coefficient (Wildman–Crippen LogP) is 17.9. The second-order valence-corrected chi connectivity index (χ2v) is 30.5. The van der Waals surface area contributed by atoms with Crippen molar-refractivity contribution >= 4 is 121 Å². The molecule has 3 aromatic heterocycles. The Labute approximate surface area is 688 Å². The van der Waals surface area contributed by atoms with Gasteiger partial charge in [-0.05, 0) is 165 Å². The molecule has 0 radical (unpaired) electrons. The number of nitrogen functional groups attached to an aromatic ring is 1. The Bertz CT molecular complexity index is 4880. The topological polar surface area (TPSA) is 301 Å². The summed E-state index contributed by atoms with van der Waals surface area (Å²) in [5.41, 5.74) is 18.7. The molecule has 0 atom stereocenters. The predicted molar refractivity (Wildman–Crippen MR) is 459 cm³/mol. The Kier molecular flexibility index (Phi) is 37.7. The number of fused-ring (bicyclic) bond motifs is 5. The Morgan fingerprint density at radius 3 is 1.43 bits per heavy atom. The molecule has 7 aromatic carbocycles. The van der Waals surface area contributed by atoms with Crippen LogP contribution < -0.4 is 84.3 Å². The molecule has 0 spiro atoms. The third-order valence-electron chi connectivity index (χ3n) is 17.1. The molecule has 10 N–H and O–H groups in total. The van der Waals surface area contributed by atoms with Crippen LogP contribution in [0.2, 0.25) is 0 Å². The number of aromatic nitrogens is 3. The standard InChI is InChI=1S/C24H25N3O4.C14H17NO2.C13H19NO2.C13H17NO.C10H10N2O3.C8H11NO.C4H9.CH2Cl2.CH4.Li/c1-24(2,3)22-16(15-11-14(30-5)7-8-18(15)27-22)12-20-21(28)17-10-13(26-23(29)25-4)6-9-19(17)31-20;1-14(2,3)13-11(8-16)10-7-9(17-4)5-6-12(10)15-13;1-9-8-10(16-5)6-7-11(9)14-12(15)13(2,3)4;1-13(2,3)12-8-9-7-10(15-4)5-6-11(9)14-12;1-11-10(14)12-6-2-3-9-7(4-6)8(13)5-15-9;1-6-5-7(10-2)3-4-8(6)9;1-3-4-2;2-1-3;;/h6-12,27H,1-5H3,(H2,25,26,29);5-8,15H,1-4H3;6-8H,1-5H3,(H,14,15);5-8,14H,1-4H3;2-4H,5H2,1H3,(H2,11,12,14);3-5H,9H2,1-2H3;1,3-4H2,2H3;1H2;1H4;/q;;;;;;-1;;;+1/b20-12-;;;;;;;;;. The van der Waals surface area contributed by atoms with Crippen LogP contribution in [-0.2, 0) is 21.0 Å². The van der Waals surface area contributed by atoms with Crippen LogP contribution in [0.1, 0.15) is 175 Å². The molecule has 2 aliphatic heterocycles. The third-order valence-corrected chi connectivity index (χ3v) is 17.1. The number of carbonyl (C=O) groups is 6. The van der Waals surface area contributed by atoms with E-state index in [0.717, 1.165) is 108 Å². The molecule has 604 valence electrons. The number of methoxy groups -OCH3 is 5. The number of carbonyl (C=O) groups excluding carboxylic acids is 6. The number of alkyl halides is 2. The zero-order valence-electron chi connectivity index (χ0n) is 69.0. The summed E-state index contributed by atoms with van der Waals surface area (Å²) < 4.78 is 36.9. The maximum Gasteiger partial charge on any atom is 1.00 e. The van der Waals surface area contributed by atoms with Crippen molar-refractivity contribution in [3.63, 3.8) is 0 Å². The quantitative estimate of drug-likeness (QED) is 0.0145. The summed E-state index contributed by atoms with van der Waals surface area (Å²) in [6.07, 6.45) is 4.98. The fourth-order valence-corrected chi connectivity index (χ4v) is 10.7. The van der Waals surface area contributed by atoms with Gasteiger partial charge in [0, 0.05) is 119 Å². The first kappa shape index (κ1) is 96.7. The van der Waals surface area contributed by atoms with E-state index in [1.165, 1.54) is 37.1 Å². The first-order chi connectivity index (χ1) is 52.3. The van der Waals surface area contributed by atoms with Crippen LogP contribution in [-0.4, -0.2) is 112 Å². The number of amides is 5. The van der Waals surface area contributed by atoms with E-state index in [1.54, 1.807) is 78.0 Å². The van der Waals surface area contributed by atoms with E-state index in [-0.39, 0.29) is 95.2 Å². The minimum Gasteiger partial charge on any atom is -0.497 e. The summed E-state index contributed by atoms with van der Waals surface area (Å²) in [5, 5.41) is 16.3. The summed E-state index contributed by atoms with van der Waals surface area (Å²) in [7, 11) is 11.3. The number of ether oxygens (including phenoxy) is 7. The maximum atomic E-state index is 13.1. The Morgan fingerprint density at radius 2 is 0.991 bits per heavy atom. The molecule has 0 fully saturated rings. The Hall–Kier alpha value is -10.5. The van der Waals surface area contributed by atoms with E-state index in [1.807, 2.05) is 113 Å². The molecule has 2 aliphatic rings. The third kappa shape index (κ3) is 27.7. The number of nitrogens with one attached hydrogen (secondary N) is 8. The van der Waals surface area contributed by atoms with Crippen LogP contribution >= 0.6 is 23.2 Å². The van der Waals surface area contributed by atoms with E-state index in [4.69, 9.17) is 62.1 Å². The van der Waals surface area contributed by atoms with Gasteiger partial charge in [0.05, 0.1) is 52.0 Å². The largest absolute Gasteiger partial charge is 1.00 e. The van der Waals surface area contributed by atoms with E-state index in [2.05, 4.69) is 136 Å². The van der Waals surface area contributed by atoms with Crippen molar-refractivity contribution in [2.75, 3.05) is 83.3 Å². The van der Waals surface area contributed by atoms with Crippen LogP contribution in [0.5, 0.6) is 40.2 Å². The maximum absolute atomic E-state index is 13.1. The number of hydrogen-bond donors (Lipinski definition) is 9. The van der Waals surface area contributed by atoms with Crippen LogP contribution in [0.4, 0.5) is 32.3 Å². The fraction of sp³-hybridized carbons (Fsp3) is 0.352. The summed E-state index contributed by atoms with van der Waals surface area (Å²) in [6, 6.07) is 40.3. The molecule has 22 nitrogen and oxygen atoms in total. The van der Waals surface area contributed by atoms with Gasteiger partial charge in [0.1, 0.15) is 40.2 Å². The first-order valence-corrected chi connectivity index (χ1v) is 37.0. The molecule has 25 heteroatoms. The number of Topliss-reactive ketones (excluding diaryl/α,β-unsaturated/α-hetero) is 2. The molecule has 0 aliphatic carbocycles. The first-order valence-electron chi connectivity index (χ1n) is 36.0. The van der Waals surface area contributed by atoms with Crippen molar-refractivity contribution in [1.82, 2.24) is 25.6 Å². The summed E-state index contributed by atoms with van der Waals surface area (Å²) in [4.78, 5) is 80.3. The zero-order chi connectivity index (χ0) is 82.9. The van der Waals surface area contributed by atoms with Crippen molar-refractivity contribution in [3.8, 4) is 40.2 Å². The van der Waals surface area contributed by atoms with Crippen molar-refractivity contribution in [1.29, 1.82) is 0 Å². The second kappa shape index (κ2) is 44.1. The number of aromatic amines is 3. The number of H-pyrrole nitrogens is 3. The molecule has 5 amide bonds. The van der Waals surface area contributed by atoms with Gasteiger partial charge in [-0.15, -0.1) is 23.2 Å². The molecular weight excluding hydrogens is 1470 g/mol. The molecule has 0 unspecified atom stereocenters. The molecule has 113 heavy (non-hydrogen) atoms. The van der Waals surface area contributed by atoms with Gasteiger partial charge in [-0.3, -0.25) is 19.2 Å². The number of anilines is 4. The molecule has 5 heterocycles. The minimum atomic E-state index is -0.383. The number of unbranched alkanes of at least 4 members (excludes halogenated alkanes) is 1. The Morgan fingerprint density at radius 1 is 0.558 bits per heavy atom. The average Bonchev–Trinajstić information content (AvgIpc) is 1.61. The van der Waals surface area contributed by atoms with Gasteiger partial charge in [-0.25, -0.2) is 9.59 Å². The number of aryl methyl sites for hydroxylation is 2. The molecule has 12 rings (SSSR count). The number of rotatable bonds is 11. The van der Waals surface area contributed by atoms with Gasteiger partial charge < -0.3 is 87.4 Å². The number of hydrogen-bond acceptors (Lipinski definition) is 14. The van der Waals surface area contributed by atoms with Crippen molar-refractivity contribution < 1.29 is 80.8 Å². The molecule has 10 aromatic rings. The number of ketones is 2. The van der Waals surface area contributed by atoms with Gasteiger partial charge in [-0.2, -0.15) is 6.42 Å². The Balaban J connectivity index is 0.000000355.